The highest BCUT2D eigenvalue weighted by molar-refractivity contribution is 5.94. The molecule has 3 heterocycles. The number of benzene rings is 2. The third kappa shape index (κ3) is 4.17. The average Bonchev–Trinajstić information content (AvgIpc) is 3.54. The summed E-state index contributed by atoms with van der Waals surface area (Å²) < 4.78 is 12.6. The Labute approximate surface area is 199 Å². The first-order chi connectivity index (χ1) is 16.5. The minimum absolute atomic E-state index is 0.0281. The Hall–Kier alpha value is -4.00. The summed E-state index contributed by atoms with van der Waals surface area (Å²) >= 11 is 0. The lowest BCUT2D eigenvalue weighted by Crippen LogP contribution is -2.49. The molecule has 0 radical (unpaired) electrons. The van der Waals surface area contributed by atoms with Crippen molar-refractivity contribution in [1.82, 2.24) is 14.7 Å². The van der Waals surface area contributed by atoms with E-state index in [9.17, 15) is 4.79 Å². The van der Waals surface area contributed by atoms with Crippen LogP contribution in [0.15, 0.2) is 71.3 Å². The number of amides is 1. The SMILES string of the molecule is COc1ccc(N2CCN(C(=O)c3cc(-c4ccco4)nn3-c3ccc(C)cc3C)CC2)cc1. The Kier molecular flexibility index (Phi) is 5.84. The number of ether oxygens (including phenoxy) is 1. The number of piperazine rings is 1. The van der Waals surface area contributed by atoms with Crippen LogP contribution in [-0.2, 0) is 0 Å². The third-order valence-corrected chi connectivity index (χ3v) is 6.29. The van der Waals surface area contributed by atoms with Crippen molar-refractivity contribution in [3.63, 3.8) is 0 Å². The van der Waals surface area contributed by atoms with Crippen LogP contribution in [0, 0.1) is 13.8 Å². The topological polar surface area (TPSA) is 63.7 Å². The minimum atomic E-state index is -0.0281. The van der Waals surface area contributed by atoms with Crippen molar-refractivity contribution in [2.75, 3.05) is 38.2 Å². The zero-order valence-corrected chi connectivity index (χ0v) is 19.7. The van der Waals surface area contributed by atoms with E-state index >= 15 is 0 Å². The Balaban J connectivity index is 1.41. The largest absolute Gasteiger partial charge is 0.497 e. The van der Waals surface area contributed by atoms with Crippen molar-refractivity contribution >= 4 is 11.6 Å². The van der Waals surface area contributed by atoms with Crippen molar-refractivity contribution in [3.05, 3.63) is 83.7 Å². The molecule has 174 valence electrons. The first kappa shape index (κ1) is 21.8. The van der Waals surface area contributed by atoms with Gasteiger partial charge in [-0.05, 0) is 61.9 Å². The van der Waals surface area contributed by atoms with Gasteiger partial charge in [0.15, 0.2) is 5.76 Å². The number of anilines is 1. The van der Waals surface area contributed by atoms with Crippen LogP contribution in [0.1, 0.15) is 21.6 Å². The summed E-state index contributed by atoms with van der Waals surface area (Å²) in [6, 6.07) is 19.7. The smallest absolute Gasteiger partial charge is 0.272 e. The summed E-state index contributed by atoms with van der Waals surface area (Å²) in [7, 11) is 1.67. The molecule has 1 aliphatic rings. The summed E-state index contributed by atoms with van der Waals surface area (Å²) in [6.07, 6.45) is 1.62. The van der Waals surface area contributed by atoms with E-state index in [0.29, 0.717) is 30.2 Å². The lowest BCUT2D eigenvalue weighted by molar-refractivity contribution is 0.0737. The summed E-state index contributed by atoms with van der Waals surface area (Å²) in [5, 5.41) is 4.76. The van der Waals surface area contributed by atoms with Gasteiger partial charge in [-0.15, -0.1) is 0 Å². The minimum Gasteiger partial charge on any atom is -0.497 e. The maximum Gasteiger partial charge on any atom is 0.272 e. The summed E-state index contributed by atoms with van der Waals surface area (Å²) in [5.74, 6) is 1.45. The highest BCUT2D eigenvalue weighted by Gasteiger charge is 2.27. The quantitative estimate of drug-likeness (QED) is 0.435. The molecule has 0 atom stereocenters. The molecule has 0 bridgehead atoms. The second kappa shape index (κ2) is 9.09. The van der Waals surface area contributed by atoms with Crippen LogP contribution >= 0.6 is 0 Å². The molecule has 0 saturated carbocycles. The molecule has 0 unspecified atom stereocenters. The van der Waals surface area contributed by atoms with Gasteiger partial charge in [0.05, 0.1) is 19.1 Å². The predicted octanol–water partition coefficient (Wildman–Crippen LogP) is 4.72. The molecule has 2 aromatic carbocycles. The van der Waals surface area contributed by atoms with Gasteiger partial charge in [0.1, 0.15) is 17.1 Å². The van der Waals surface area contributed by atoms with E-state index in [2.05, 4.69) is 30.0 Å². The number of aromatic nitrogens is 2. The number of aryl methyl sites for hydroxylation is 2. The third-order valence-electron chi connectivity index (χ3n) is 6.29. The van der Waals surface area contributed by atoms with E-state index in [1.807, 2.05) is 54.3 Å². The van der Waals surface area contributed by atoms with E-state index in [1.165, 1.54) is 5.56 Å². The van der Waals surface area contributed by atoms with Crippen LogP contribution in [-0.4, -0.2) is 53.9 Å². The van der Waals surface area contributed by atoms with Crippen LogP contribution in [0.3, 0.4) is 0 Å². The molecule has 1 fully saturated rings. The van der Waals surface area contributed by atoms with Gasteiger partial charge in [-0.25, -0.2) is 4.68 Å². The monoisotopic (exact) mass is 456 g/mol. The molecular weight excluding hydrogens is 428 g/mol. The normalized spacial score (nSPS) is 13.9. The molecule has 4 aromatic rings. The Morgan fingerprint density at radius 1 is 0.971 bits per heavy atom. The Bertz CT molecular complexity index is 1280. The molecule has 1 amide bonds. The predicted molar refractivity (Wildman–Crippen MR) is 132 cm³/mol. The second-order valence-electron chi connectivity index (χ2n) is 8.57. The molecule has 0 aliphatic carbocycles. The second-order valence-corrected chi connectivity index (χ2v) is 8.57. The number of nitrogens with zero attached hydrogens (tertiary/aromatic N) is 4. The van der Waals surface area contributed by atoms with Gasteiger partial charge in [-0.3, -0.25) is 4.79 Å². The first-order valence-corrected chi connectivity index (χ1v) is 11.4. The van der Waals surface area contributed by atoms with Gasteiger partial charge >= 0.3 is 0 Å². The van der Waals surface area contributed by atoms with E-state index in [-0.39, 0.29) is 5.91 Å². The van der Waals surface area contributed by atoms with Gasteiger partial charge in [-0.1, -0.05) is 17.7 Å². The molecule has 0 spiro atoms. The van der Waals surface area contributed by atoms with Crippen LogP contribution in [0.25, 0.3) is 17.1 Å². The lowest BCUT2D eigenvalue weighted by atomic mass is 10.1. The van der Waals surface area contributed by atoms with E-state index in [1.54, 1.807) is 18.1 Å². The molecule has 1 aliphatic heterocycles. The van der Waals surface area contributed by atoms with Crippen molar-refractivity contribution in [1.29, 1.82) is 0 Å². The van der Waals surface area contributed by atoms with Crippen molar-refractivity contribution in [2.24, 2.45) is 0 Å². The standard InChI is InChI=1S/C27H28N4O3/c1-19-6-11-24(20(2)17-19)31-25(18-23(28-31)26-5-4-16-34-26)27(32)30-14-12-29(13-15-30)21-7-9-22(33-3)10-8-21/h4-11,16-18H,12-15H2,1-3H3. The molecule has 5 rings (SSSR count). The number of carbonyl (C=O) groups excluding carboxylic acids is 1. The molecule has 0 N–H and O–H groups in total. The van der Waals surface area contributed by atoms with Crippen molar-refractivity contribution < 1.29 is 13.9 Å². The zero-order valence-electron chi connectivity index (χ0n) is 19.7. The fourth-order valence-corrected chi connectivity index (χ4v) is 4.43. The van der Waals surface area contributed by atoms with Crippen LogP contribution in [0.5, 0.6) is 5.75 Å². The average molecular weight is 457 g/mol. The number of rotatable bonds is 5. The summed E-state index contributed by atoms with van der Waals surface area (Å²) in [5.41, 5.74) is 5.44. The molecule has 1 saturated heterocycles. The van der Waals surface area contributed by atoms with E-state index in [4.69, 9.17) is 14.3 Å². The Morgan fingerprint density at radius 3 is 2.38 bits per heavy atom. The van der Waals surface area contributed by atoms with Crippen LogP contribution in [0.2, 0.25) is 0 Å². The number of carbonyl (C=O) groups is 1. The number of hydrogen-bond acceptors (Lipinski definition) is 5. The molecule has 7 nitrogen and oxygen atoms in total. The van der Waals surface area contributed by atoms with Gasteiger partial charge in [0, 0.05) is 37.9 Å². The zero-order chi connectivity index (χ0) is 23.7. The van der Waals surface area contributed by atoms with Gasteiger partial charge in [-0.2, -0.15) is 5.10 Å². The van der Waals surface area contributed by atoms with Crippen LogP contribution in [0.4, 0.5) is 5.69 Å². The fourth-order valence-electron chi connectivity index (χ4n) is 4.43. The molecule has 7 heteroatoms. The molecular formula is C27H28N4O3. The number of methoxy groups -OCH3 is 1. The number of hydrogen-bond donors (Lipinski definition) is 0. The fraction of sp³-hybridized carbons (Fsp3) is 0.259. The highest BCUT2D eigenvalue weighted by Crippen LogP contribution is 2.26. The van der Waals surface area contributed by atoms with E-state index < -0.39 is 0 Å². The van der Waals surface area contributed by atoms with Crippen molar-refractivity contribution in [2.45, 2.75) is 13.8 Å². The van der Waals surface area contributed by atoms with Gasteiger partial charge in [0.25, 0.3) is 5.91 Å². The van der Waals surface area contributed by atoms with Gasteiger partial charge in [0.2, 0.25) is 0 Å². The van der Waals surface area contributed by atoms with Crippen LogP contribution < -0.4 is 9.64 Å². The van der Waals surface area contributed by atoms with Crippen molar-refractivity contribution in [3.8, 4) is 22.9 Å². The number of furan rings is 1. The maximum atomic E-state index is 13.7. The first-order valence-electron chi connectivity index (χ1n) is 11.4. The highest BCUT2D eigenvalue weighted by atomic mass is 16.5. The van der Waals surface area contributed by atoms with Gasteiger partial charge < -0.3 is 19.0 Å². The Morgan fingerprint density at radius 2 is 1.74 bits per heavy atom. The molecule has 2 aromatic heterocycles. The molecule has 34 heavy (non-hydrogen) atoms. The lowest BCUT2D eigenvalue weighted by Gasteiger charge is -2.36. The summed E-state index contributed by atoms with van der Waals surface area (Å²) in [6.45, 7) is 6.90. The maximum absolute atomic E-state index is 13.7. The van der Waals surface area contributed by atoms with E-state index in [0.717, 1.165) is 35.8 Å². The summed E-state index contributed by atoms with van der Waals surface area (Å²) in [4.78, 5) is 17.9.